The van der Waals surface area contributed by atoms with Gasteiger partial charge in [0.05, 0.1) is 12.5 Å². The number of halogens is 1. The predicted molar refractivity (Wildman–Crippen MR) is 82.2 cm³/mol. The number of nitriles is 1. The Kier molecular flexibility index (Phi) is 4.49. The molecule has 0 spiro atoms. The lowest BCUT2D eigenvalue weighted by atomic mass is 9.97. The first-order valence-corrected chi connectivity index (χ1v) is 7.46. The number of rotatable bonds is 2. The van der Waals surface area contributed by atoms with Gasteiger partial charge in [-0.1, -0.05) is 15.9 Å². The van der Waals surface area contributed by atoms with Crippen LogP contribution in [0.15, 0.2) is 28.7 Å². The van der Waals surface area contributed by atoms with E-state index in [0.717, 1.165) is 24.0 Å². The van der Waals surface area contributed by atoms with Crippen molar-refractivity contribution in [2.24, 2.45) is 0 Å². The van der Waals surface area contributed by atoms with Crippen LogP contribution in [0.25, 0.3) is 0 Å². The molecule has 1 aromatic carbocycles. The van der Waals surface area contributed by atoms with Crippen LogP contribution in [0.1, 0.15) is 26.7 Å². The zero-order valence-electron chi connectivity index (χ0n) is 11.5. The third-order valence-electron chi connectivity index (χ3n) is 3.78. The summed E-state index contributed by atoms with van der Waals surface area (Å²) in [6.07, 6.45) is 1.63. The van der Waals surface area contributed by atoms with Crippen LogP contribution in [-0.4, -0.2) is 24.7 Å². The van der Waals surface area contributed by atoms with E-state index in [1.807, 2.05) is 0 Å². The summed E-state index contributed by atoms with van der Waals surface area (Å²) in [7, 11) is 0. The normalized spacial score (nSPS) is 22.6. The van der Waals surface area contributed by atoms with E-state index in [2.05, 4.69) is 70.3 Å². The minimum absolute atomic E-state index is 0.102. The lowest BCUT2D eigenvalue weighted by molar-refractivity contribution is 0.452. The first kappa shape index (κ1) is 14.4. The Labute approximate surface area is 123 Å². The zero-order chi connectivity index (χ0) is 13.9. The van der Waals surface area contributed by atoms with Gasteiger partial charge in [0, 0.05) is 28.3 Å². The molecule has 1 unspecified atom stereocenters. The van der Waals surface area contributed by atoms with Crippen molar-refractivity contribution in [3.63, 3.8) is 0 Å². The van der Waals surface area contributed by atoms with Crippen LogP contribution in [-0.2, 0) is 0 Å². The molecular weight excluding hydrogens is 302 g/mol. The molecule has 0 bridgehead atoms. The fourth-order valence-electron chi connectivity index (χ4n) is 2.57. The molecule has 1 atom stereocenters. The van der Waals surface area contributed by atoms with Gasteiger partial charge < -0.3 is 10.2 Å². The lowest BCUT2D eigenvalue weighted by Gasteiger charge is -2.39. The molecule has 1 N–H and O–H groups in total. The van der Waals surface area contributed by atoms with Crippen molar-refractivity contribution in [3.05, 3.63) is 28.7 Å². The van der Waals surface area contributed by atoms with Crippen molar-refractivity contribution in [1.82, 2.24) is 5.32 Å². The van der Waals surface area contributed by atoms with Crippen molar-refractivity contribution in [1.29, 1.82) is 5.26 Å². The third-order valence-corrected chi connectivity index (χ3v) is 4.31. The van der Waals surface area contributed by atoms with Crippen LogP contribution in [0.2, 0.25) is 0 Å². The van der Waals surface area contributed by atoms with Gasteiger partial charge in [-0.05, 0) is 51.1 Å². The second kappa shape index (κ2) is 5.94. The van der Waals surface area contributed by atoms with Gasteiger partial charge in [-0.15, -0.1) is 0 Å². The van der Waals surface area contributed by atoms with Gasteiger partial charge in [-0.3, -0.25) is 0 Å². The molecule has 1 aliphatic rings. The van der Waals surface area contributed by atoms with Gasteiger partial charge in [0.2, 0.25) is 0 Å². The van der Waals surface area contributed by atoms with Crippen LogP contribution >= 0.6 is 15.9 Å². The summed E-state index contributed by atoms with van der Waals surface area (Å²) in [6.45, 7) is 6.38. The largest absolute Gasteiger partial charge is 0.365 e. The summed E-state index contributed by atoms with van der Waals surface area (Å²) >= 11 is 3.48. The van der Waals surface area contributed by atoms with Crippen molar-refractivity contribution < 1.29 is 0 Å². The average Bonchev–Trinajstić information content (AvgIpc) is 2.50. The van der Waals surface area contributed by atoms with Crippen LogP contribution in [0.5, 0.6) is 0 Å². The van der Waals surface area contributed by atoms with Gasteiger partial charge >= 0.3 is 0 Å². The molecule has 0 aromatic heterocycles. The fourth-order valence-corrected chi connectivity index (χ4v) is 2.84. The number of hydrogen-bond acceptors (Lipinski definition) is 3. The van der Waals surface area contributed by atoms with Crippen molar-refractivity contribution in [2.45, 2.75) is 38.3 Å². The molecule has 3 nitrogen and oxygen atoms in total. The number of nitrogens with zero attached hydrogens (tertiary/aromatic N) is 2. The summed E-state index contributed by atoms with van der Waals surface area (Å²) in [5, 5.41) is 12.4. The fraction of sp³-hybridized carbons (Fsp3) is 0.533. The number of nitrogens with one attached hydrogen (secondary N) is 1. The lowest BCUT2D eigenvalue weighted by Crippen LogP contribution is -2.46. The number of benzene rings is 1. The first-order chi connectivity index (χ1) is 9.03. The van der Waals surface area contributed by atoms with Crippen LogP contribution < -0.4 is 10.2 Å². The maximum absolute atomic E-state index is 8.92. The second-order valence-electron chi connectivity index (χ2n) is 5.66. The molecule has 1 aliphatic heterocycles. The molecule has 0 saturated carbocycles. The third kappa shape index (κ3) is 3.49. The summed E-state index contributed by atoms with van der Waals surface area (Å²) in [4.78, 5) is 2.42. The van der Waals surface area contributed by atoms with Crippen LogP contribution in [0.3, 0.4) is 0 Å². The van der Waals surface area contributed by atoms with Crippen LogP contribution in [0.4, 0.5) is 5.69 Å². The van der Waals surface area contributed by atoms with Crippen molar-refractivity contribution >= 4 is 21.6 Å². The molecule has 0 radical (unpaired) electrons. The minimum atomic E-state index is 0.102. The number of hydrogen-bond donors (Lipinski definition) is 1. The Morgan fingerprint density at radius 2 is 2.11 bits per heavy atom. The van der Waals surface area contributed by atoms with Gasteiger partial charge in [-0.25, -0.2) is 0 Å². The van der Waals surface area contributed by atoms with E-state index in [1.54, 1.807) is 0 Å². The van der Waals surface area contributed by atoms with E-state index in [9.17, 15) is 0 Å². The minimum Gasteiger partial charge on any atom is -0.365 e. The highest BCUT2D eigenvalue weighted by Crippen LogP contribution is 2.29. The highest BCUT2D eigenvalue weighted by molar-refractivity contribution is 9.10. The Morgan fingerprint density at radius 1 is 1.42 bits per heavy atom. The molecule has 4 heteroatoms. The van der Waals surface area contributed by atoms with E-state index < -0.39 is 0 Å². The Hall–Kier alpha value is -1.05. The van der Waals surface area contributed by atoms with Gasteiger partial charge in [-0.2, -0.15) is 5.26 Å². The topological polar surface area (TPSA) is 39.1 Å². The van der Waals surface area contributed by atoms with Crippen molar-refractivity contribution in [2.75, 3.05) is 18.0 Å². The summed E-state index contributed by atoms with van der Waals surface area (Å²) in [5.74, 6) is 0. The number of anilines is 1. The molecule has 0 aliphatic carbocycles. The monoisotopic (exact) mass is 321 g/mol. The molecule has 0 amide bonds. The SMILES string of the molecule is CC1(C)CCNC(CC#N)CN1c1ccc(Br)cc1. The molecule has 1 aromatic rings. The average molecular weight is 322 g/mol. The van der Waals surface area contributed by atoms with E-state index in [4.69, 9.17) is 5.26 Å². The Balaban J connectivity index is 2.26. The molecule has 102 valence electrons. The Morgan fingerprint density at radius 3 is 2.74 bits per heavy atom. The smallest absolute Gasteiger partial charge is 0.0638 e. The van der Waals surface area contributed by atoms with Gasteiger partial charge in [0.15, 0.2) is 0 Å². The maximum atomic E-state index is 8.92. The van der Waals surface area contributed by atoms with E-state index >= 15 is 0 Å². The second-order valence-corrected chi connectivity index (χ2v) is 6.58. The van der Waals surface area contributed by atoms with Gasteiger partial charge in [0.25, 0.3) is 0 Å². The zero-order valence-corrected chi connectivity index (χ0v) is 13.1. The molecule has 19 heavy (non-hydrogen) atoms. The van der Waals surface area contributed by atoms with E-state index in [0.29, 0.717) is 6.42 Å². The van der Waals surface area contributed by atoms with Gasteiger partial charge in [0.1, 0.15) is 0 Å². The standard InChI is InChI=1S/C15H20BrN3/c1-15(2)8-10-18-13(7-9-17)11-19(15)14-5-3-12(16)4-6-14/h3-6,13,18H,7-8,10-11H2,1-2H3. The summed E-state index contributed by atoms with van der Waals surface area (Å²) in [5.41, 5.74) is 1.32. The molecule has 2 rings (SSSR count). The summed E-state index contributed by atoms with van der Waals surface area (Å²) < 4.78 is 1.09. The molecule has 1 fully saturated rings. The van der Waals surface area contributed by atoms with E-state index in [1.165, 1.54) is 5.69 Å². The quantitative estimate of drug-likeness (QED) is 0.908. The summed E-state index contributed by atoms with van der Waals surface area (Å²) in [6, 6.07) is 10.9. The predicted octanol–water partition coefficient (Wildman–Crippen LogP) is 3.31. The molecule has 1 heterocycles. The van der Waals surface area contributed by atoms with Crippen molar-refractivity contribution in [3.8, 4) is 6.07 Å². The Bertz CT molecular complexity index is 461. The highest BCUT2D eigenvalue weighted by atomic mass is 79.9. The first-order valence-electron chi connectivity index (χ1n) is 6.66. The maximum Gasteiger partial charge on any atom is 0.0638 e. The molecular formula is C15H20BrN3. The molecule has 1 saturated heterocycles. The highest BCUT2D eigenvalue weighted by Gasteiger charge is 2.31. The van der Waals surface area contributed by atoms with E-state index in [-0.39, 0.29) is 11.6 Å². The van der Waals surface area contributed by atoms with Crippen LogP contribution in [0, 0.1) is 11.3 Å².